The maximum Gasteiger partial charge on any atom is 0.265 e. The van der Waals surface area contributed by atoms with E-state index >= 15 is 0 Å². The number of rotatable bonds is 3. The number of benzene rings is 1. The smallest absolute Gasteiger partial charge is 0.265 e. The molecule has 1 N–H and O–H groups in total. The molecule has 2 aromatic heterocycles. The molecule has 0 aliphatic rings. The van der Waals surface area contributed by atoms with E-state index in [4.69, 9.17) is 0 Å². The van der Waals surface area contributed by atoms with Gasteiger partial charge in [0.1, 0.15) is 11.0 Å². The number of nitrogens with zero attached hydrogens (tertiary/aromatic N) is 3. The number of nitrogens with one attached hydrogen (secondary N) is 1. The minimum Gasteiger partial charge on any atom is -0.321 e. The van der Waals surface area contributed by atoms with Gasteiger partial charge in [-0.3, -0.25) is 4.79 Å². The Labute approximate surface area is 120 Å². The van der Waals surface area contributed by atoms with E-state index in [1.54, 1.807) is 7.05 Å². The number of carbonyl (C=O) groups is 1. The number of aromatic nitrogens is 3. The molecule has 0 atom stereocenters. The van der Waals surface area contributed by atoms with Crippen molar-refractivity contribution in [3.05, 3.63) is 40.1 Å². The molecule has 20 heavy (non-hydrogen) atoms. The maximum atomic E-state index is 12.1. The number of amides is 1. The Kier molecular flexibility index (Phi) is 3.23. The number of fused-ring (bicyclic) bond motifs is 1. The van der Waals surface area contributed by atoms with Gasteiger partial charge in [0, 0.05) is 17.6 Å². The summed E-state index contributed by atoms with van der Waals surface area (Å²) in [4.78, 5) is 15.6. The first-order chi connectivity index (χ1) is 9.65. The van der Waals surface area contributed by atoms with E-state index in [1.807, 2.05) is 30.3 Å². The molecular formula is C14H14N4OS. The van der Waals surface area contributed by atoms with E-state index in [9.17, 15) is 4.79 Å². The van der Waals surface area contributed by atoms with Crippen molar-refractivity contribution in [1.29, 1.82) is 0 Å². The summed E-state index contributed by atoms with van der Waals surface area (Å²) in [5, 5.41) is 11.3. The second kappa shape index (κ2) is 5.05. The molecule has 0 bridgehead atoms. The first-order valence-electron chi connectivity index (χ1n) is 6.37. The van der Waals surface area contributed by atoms with Gasteiger partial charge in [-0.15, -0.1) is 11.3 Å². The summed E-state index contributed by atoms with van der Waals surface area (Å²) in [5.41, 5.74) is 2.31. The van der Waals surface area contributed by atoms with Crippen molar-refractivity contribution >= 4 is 34.0 Å². The third-order valence-corrected chi connectivity index (χ3v) is 4.20. The topological polar surface area (TPSA) is 59.8 Å². The van der Waals surface area contributed by atoms with E-state index in [2.05, 4.69) is 22.4 Å². The molecule has 3 rings (SSSR count). The van der Waals surface area contributed by atoms with Gasteiger partial charge in [-0.2, -0.15) is 15.0 Å². The second-order valence-electron chi connectivity index (χ2n) is 4.47. The van der Waals surface area contributed by atoms with E-state index in [0.29, 0.717) is 0 Å². The van der Waals surface area contributed by atoms with Crippen LogP contribution in [0.1, 0.15) is 21.5 Å². The standard InChI is InChI=1S/C14H14N4OS/c1-3-10-5-7-13(20-10)14(19)15-9-4-6-11-12(8-9)17-18(2)16-11/h4-8H,3H2,1-2H3,(H,15,19). The minimum atomic E-state index is -0.0852. The molecule has 1 amide bonds. The Morgan fingerprint density at radius 3 is 2.80 bits per heavy atom. The number of thiophene rings is 1. The lowest BCUT2D eigenvalue weighted by molar-refractivity contribution is 0.103. The Balaban J connectivity index is 1.82. The molecule has 2 heterocycles. The molecular weight excluding hydrogens is 272 g/mol. The molecule has 0 aliphatic carbocycles. The lowest BCUT2D eigenvalue weighted by Crippen LogP contribution is -2.09. The van der Waals surface area contributed by atoms with Gasteiger partial charge in [-0.1, -0.05) is 6.92 Å². The molecule has 0 unspecified atom stereocenters. The number of carbonyl (C=O) groups excluding carboxylic acids is 1. The van der Waals surface area contributed by atoms with Crippen LogP contribution in [0.4, 0.5) is 5.69 Å². The van der Waals surface area contributed by atoms with Gasteiger partial charge < -0.3 is 5.32 Å². The molecule has 102 valence electrons. The van der Waals surface area contributed by atoms with Crippen molar-refractivity contribution in [2.45, 2.75) is 13.3 Å². The molecule has 0 saturated carbocycles. The van der Waals surface area contributed by atoms with E-state index in [0.717, 1.165) is 28.0 Å². The number of aryl methyl sites for hydroxylation is 2. The van der Waals surface area contributed by atoms with Gasteiger partial charge in [-0.05, 0) is 36.8 Å². The molecule has 3 aromatic rings. The monoisotopic (exact) mass is 286 g/mol. The molecule has 0 fully saturated rings. The van der Waals surface area contributed by atoms with Gasteiger partial charge >= 0.3 is 0 Å². The molecule has 1 aromatic carbocycles. The Morgan fingerprint density at radius 2 is 2.05 bits per heavy atom. The lowest BCUT2D eigenvalue weighted by Gasteiger charge is -2.02. The third kappa shape index (κ3) is 2.42. The Bertz CT molecular complexity index is 774. The van der Waals surface area contributed by atoms with Crippen LogP contribution in [0.15, 0.2) is 30.3 Å². The summed E-state index contributed by atoms with van der Waals surface area (Å²) in [6, 6.07) is 9.37. The fourth-order valence-corrected chi connectivity index (χ4v) is 2.83. The summed E-state index contributed by atoms with van der Waals surface area (Å²) < 4.78 is 0. The van der Waals surface area contributed by atoms with Gasteiger partial charge in [0.15, 0.2) is 0 Å². The highest BCUT2D eigenvalue weighted by molar-refractivity contribution is 7.14. The quantitative estimate of drug-likeness (QED) is 0.805. The lowest BCUT2D eigenvalue weighted by atomic mass is 10.2. The van der Waals surface area contributed by atoms with Crippen molar-refractivity contribution < 1.29 is 4.79 Å². The van der Waals surface area contributed by atoms with Crippen LogP contribution in [-0.4, -0.2) is 20.9 Å². The van der Waals surface area contributed by atoms with Crippen molar-refractivity contribution in [3.63, 3.8) is 0 Å². The van der Waals surface area contributed by atoms with Crippen LogP contribution in [0.3, 0.4) is 0 Å². The fourth-order valence-electron chi connectivity index (χ4n) is 1.98. The fraction of sp³-hybridized carbons (Fsp3) is 0.214. The second-order valence-corrected chi connectivity index (χ2v) is 5.63. The average Bonchev–Trinajstić information content (AvgIpc) is 3.03. The summed E-state index contributed by atoms with van der Waals surface area (Å²) in [5.74, 6) is -0.0852. The largest absolute Gasteiger partial charge is 0.321 e. The van der Waals surface area contributed by atoms with Crippen LogP contribution >= 0.6 is 11.3 Å². The van der Waals surface area contributed by atoms with E-state index in [-0.39, 0.29) is 5.91 Å². The molecule has 5 nitrogen and oxygen atoms in total. The summed E-state index contributed by atoms with van der Waals surface area (Å²) >= 11 is 1.52. The number of hydrogen-bond acceptors (Lipinski definition) is 4. The van der Waals surface area contributed by atoms with Crippen LogP contribution in [0.2, 0.25) is 0 Å². The van der Waals surface area contributed by atoms with Crippen LogP contribution < -0.4 is 5.32 Å². The van der Waals surface area contributed by atoms with Gasteiger partial charge in [-0.25, -0.2) is 0 Å². The van der Waals surface area contributed by atoms with Crippen molar-refractivity contribution in [2.24, 2.45) is 7.05 Å². The first kappa shape index (κ1) is 12.8. The summed E-state index contributed by atoms with van der Waals surface area (Å²) in [7, 11) is 1.77. The highest BCUT2D eigenvalue weighted by Crippen LogP contribution is 2.20. The van der Waals surface area contributed by atoms with Crippen LogP contribution in [0, 0.1) is 0 Å². The molecule has 0 spiro atoms. The summed E-state index contributed by atoms with van der Waals surface area (Å²) in [6.07, 6.45) is 0.948. The maximum absolute atomic E-state index is 12.1. The SMILES string of the molecule is CCc1ccc(C(=O)Nc2ccc3nn(C)nc3c2)s1. The van der Waals surface area contributed by atoms with Crippen molar-refractivity contribution in [1.82, 2.24) is 15.0 Å². The highest BCUT2D eigenvalue weighted by Gasteiger charge is 2.10. The Morgan fingerprint density at radius 1 is 1.25 bits per heavy atom. The zero-order valence-corrected chi connectivity index (χ0v) is 12.1. The zero-order valence-electron chi connectivity index (χ0n) is 11.3. The first-order valence-corrected chi connectivity index (χ1v) is 7.18. The van der Waals surface area contributed by atoms with Crippen molar-refractivity contribution in [2.75, 3.05) is 5.32 Å². The number of anilines is 1. The average molecular weight is 286 g/mol. The number of hydrogen-bond donors (Lipinski definition) is 1. The predicted molar refractivity (Wildman–Crippen MR) is 80.2 cm³/mol. The van der Waals surface area contributed by atoms with Gasteiger partial charge in [0.2, 0.25) is 0 Å². The summed E-state index contributed by atoms with van der Waals surface area (Å²) in [6.45, 7) is 2.08. The molecule has 0 saturated heterocycles. The van der Waals surface area contributed by atoms with Gasteiger partial charge in [0.25, 0.3) is 5.91 Å². The van der Waals surface area contributed by atoms with E-state index < -0.39 is 0 Å². The molecule has 0 radical (unpaired) electrons. The van der Waals surface area contributed by atoms with Crippen LogP contribution in [-0.2, 0) is 13.5 Å². The van der Waals surface area contributed by atoms with Gasteiger partial charge in [0.05, 0.1) is 4.88 Å². The highest BCUT2D eigenvalue weighted by atomic mass is 32.1. The molecule has 0 aliphatic heterocycles. The van der Waals surface area contributed by atoms with Crippen LogP contribution in [0.25, 0.3) is 11.0 Å². The normalized spacial score (nSPS) is 10.9. The predicted octanol–water partition coefficient (Wildman–Crippen LogP) is 2.84. The Hall–Kier alpha value is -2.21. The van der Waals surface area contributed by atoms with Crippen molar-refractivity contribution in [3.8, 4) is 0 Å². The minimum absolute atomic E-state index is 0.0852. The van der Waals surface area contributed by atoms with Crippen LogP contribution in [0.5, 0.6) is 0 Å². The van der Waals surface area contributed by atoms with E-state index in [1.165, 1.54) is 21.0 Å². The third-order valence-electron chi connectivity index (χ3n) is 2.97. The molecule has 6 heteroatoms. The zero-order chi connectivity index (χ0) is 14.1.